The molecule has 10 heteroatoms. The number of anilines is 1. The number of benzene rings is 2. The number of nitrogens with one attached hydrogen (secondary N) is 1. The molecule has 2 aromatic rings. The van der Waals surface area contributed by atoms with Gasteiger partial charge in [-0.25, -0.2) is 0 Å². The molecule has 7 N–H and O–H groups in total. The Bertz CT molecular complexity index is 1640. The van der Waals surface area contributed by atoms with E-state index in [1.165, 1.54) is 6.07 Å². The third-order valence-electron chi connectivity index (χ3n) is 8.99. The lowest BCUT2D eigenvalue weighted by atomic mass is 9.54. The van der Waals surface area contributed by atoms with Crippen LogP contribution >= 0.6 is 0 Å². The summed E-state index contributed by atoms with van der Waals surface area (Å²) in [5, 5.41) is 47.9. The van der Waals surface area contributed by atoms with Gasteiger partial charge in [-0.15, -0.1) is 0 Å². The molecule has 4 atom stereocenters. The zero-order chi connectivity index (χ0) is 31.8. The van der Waals surface area contributed by atoms with E-state index in [1.807, 2.05) is 20.8 Å². The molecule has 3 aliphatic carbocycles. The highest BCUT2D eigenvalue weighted by molar-refractivity contribution is 6.23. The van der Waals surface area contributed by atoms with Crippen LogP contribution < -0.4 is 11.1 Å². The predicted octanol–water partition coefficient (Wildman–Crippen LogP) is 3.96. The Labute approximate surface area is 248 Å². The van der Waals surface area contributed by atoms with Crippen LogP contribution in [0, 0.1) is 29.1 Å². The Morgan fingerprint density at radius 1 is 1.02 bits per heavy atom. The lowest BCUT2D eigenvalue weighted by molar-refractivity contribution is -0.155. The van der Waals surface area contributed by atoms with Crippen molar-refractivity contribution in [1.29, 1.82) is 0 Å². The van der Waals surface area contributed by atoms with Gasteiger partial charge in [0.15, 0.2) is 11.4 Å². The summed E-state index contributed by atoms with van der Waals surface area (Å²) < 4.78 is 0. The third-order valence-corrected chi connectivity index (χ3v) is 8.99. The number of aliphatic hydroxyl groups is 3. The molecule has 0 aliphatic heterocycles. The van der Waals surface area contributed by atoms with Gasteiger partial charge in [0.2, 0.25) is 11.7 Å². The van der Waals surface area contributed by atoms with Crippen LogP contribution in [-0.2, 0) is 25.6 Å². The quantitative estimate of drug-likeness (QED) is 0.290. The minimum Gasteiger partial charge on any atom is -0.508 e. The summed E-state index contributed by atoms with van der Waals surface area (Å²) in [4.78, 5) is 51.9. The number of aliphatic hydroxyl groups excluding tert-OH is 2. The largest absolute Gasteiger partial charge is 0.508 e. The number of rotatable bonds is 4. The van der Waals surface area contributed by atoms with Crippen molar-refractivity contribution >= 4 is 34.8 Å². The summed E-state index contributed by atoms with van der Waals surface area (Å²) in [6.07, 6.45) is 0.226. The molecule has 0 radical (unpaired) electrons. The van der Waals surface area contributed by atoms with E-state index in [2.05, 4.69) is 5.32 Å². The highest BCUT2D eigenvalue weighted by Gasteiger charge is 2.64. The van der Waals surface area contributed by atoms with E-state index in [-0.39, 0.29) is 35.6 Å². The topological polar surface area (TPSA) is 187 Å². The molecule has 43 heavy (non-hydrogen) atoms. The number of amides is 2. The summed E-state index contributed by atoms with van der Waals surface area (Å²) in [6, 6.07) is 10.2. The van der Waals surface area contributed by atoms with Gasteiger partial charge < -0.3 is 31.5 Å². The van der Waals surface area contributed by atoms with Gasteiger partial charge in [0.25, 0.3) is 5.91 Å². The third kappa shape index (κ3) is 4.52. The fourth-order valence-corrected chi connectivity index (χ4v) is 6.81. The van der Waals surface area contributed by atoms with Crippen molar-refractivity contribution in [2.45, 2.75) is 53.1 Å². The highest BCUT2D eigenvalue weighted by atomic mass is 16.3. The minimum atomic E-state index is -2.65. The summed E-state index contributed by atoms with van der Waals surface area (Å²) >= 11 is 0. The first-order valence-electron chi connectivity index (χ1n) is 14.2. The van der Waals surface area contributed by atoms with Crippen molar-refractivity contribution in [3.05, 3.63) is 64.4 Å². The molecule has 5 rings (SSSR count). The van der Waals surface area contributed by atoms with Gasteiger partial charge in [-0.3, -0.25) is 19.2 Å². The van der Waals surface area contributed by atoms with Crippen LogP contribution in [0.5, 0.6) is 5.75 Å². The Morgan fingerprint density at radius 3 is 2.21 bits per heavy atom. The van der Waals surface area contributed by atoms with Crippen LogP contribution in [0.15, 0.2) is 53.3 Å². The van der Waals surface area contributed by atoms with E-state index in [4.69, 9.17) is 5.73 Å². The number of carbonyl (C=O) groups excluding carboxylic acids is 4. The Morgan fingerprint density at radius 2 is 1.65 bits per heavy atom. The molecule has 0 heterocycles. The number of nitrogens with two attached hydrogens (primary N) is 1. The Balaban J connectivity index is 1.62. The Kier molecular flexibility index (Phi) is 7.04. The van der Waals surface area contributed by atoms with Crippen LogP contribution in [0.25, 0.3) is 16.9 Å². The van der Waals surface area contributed by atoms with Crippen molar-refractivity contribution in [2.75, 3.05) is 5.32 Å². The predicted molar refractivity (Wildman–Crippen MR) is 159 cm³/mol. The fourth-order valence-electron chi connectivity index (χ4n) is 6.81. The average Bonchev–Trinajstić information content (AvgIpc) is 2.90. The van der Waals surface area contributed by atoms with E-state index >= 15 is 0 Å². The summed E-state index contributed by atoms with van der Waals surface area (Å²) in [5.74, 6) is -8.22. The zero-order valence-electron chi connectivity index (χ0n) is 24.7. The standard InChI is InChI=1S/C33H36N2O8/c1-14(2)22-20-13-16-12-19-18(15-6-8-17(9-7-15)35-31(42)32(3,4)5)10-11-21(36)24(19)27(38)23(16)28(39)33(20,43)29(40)25(26(22)37)30(34)41/h6-11,14,16,20,22,36,38,40,43H,12-13H2,1-5H3,(H2,34,41)(H,35,42)/t16-,20-,22-,33-/m0/s1. The summed E-state index contributed by atoms with van der Waals surface area (Å²) in [6.45, 7) is 8.87. The molecular formula is C33H36N2O8. The number of Topliss-reactive ketones (excluding diaryl/α,β-unsaturated/α-hetero) is 2. The molecule has 0 spiro atoms. The van der Waals surface area contributed by atoms with Gasteiger partial charge in [-0.05, 0) is 59.6 Å². The van der Waals surface area contributed by atoms with Gasteiger partial charge in [0, 0.05) is 28.5 Å². The number of ketones is 2. The summed E-state index contributed by atoms with van der Waals surface area (Å²) in [7, 11) is 0. The van der Waals surface area contributed by atoms with Gasteiger partial charge in [-0.2, -0.15) is 0 Å². The first-order chi connectivity index (χ1) is 20.0. The van der Waals surface area contributed by atoms with Crippen LogP contribution in [0.1, 0.15) is 52.2 Å². The van der Waals surface area contributed by atoms with E-state index in [1.54, 1.807) is 44.2 Å². The highest BCUT2D eigenvalue weighted by Crippen LogP contribution is 2.55. The first-order valence-corrected chi connectivity index (χ1v) is 14.2. The number of hydrogen-bond acceptors (Lipinski definition) is 8. The molecule has 3 aliphatic rings. The molecule has 0 saturated heterocycles. The van der Waals surface area contributed by atoms with Crippen molar-refractivity contribution in [2.24, 2.45) is 34.8 Å². The molecule has 2 amide bonds. The Hall–Kier alpha value is -4.44. The average molecular weight is 589 g/mol. The van der Waals surface area contributed by atoms with Gasteiger partial charge in [0.1, 0.15) is 22.8 Å². The molecule has 10 nitrogen and oxygen atoms in total. The van der Waals surface area contributed by atoms with Crippen molar-refractivity contribution in [1.82, 2.24) is 0 Å². The number of carbonyl (C=O) groups is 4. The second-order valence-electron chi connectivity index (χ2n) is 13.1. The number of primary amides is 1. The summed E-state index contributed by atoms with van der Waals surface area (Å²) in [5.41, 5.74) is 3.77. The number of phenolic OH excluding ortho intramolecular Hbond substituents is 1. The molecule has 1 fully saturated rings. The van der Waals surface area contributed by atoms with Crippen LogP contribution in [-0.4, -0.2) is 49.4 Å². The van der Waals surface area contributed by atoms with Crippen molar-refractivity contribution in [3.63, 3.8) is 0 Å². The molecule has 0 bridgehead atoms. The molecule has 0 aromatic heterocycles. The second-order valence-corrected chi connectivity index (χ2v) is 13.1. The smallest absolute Gasteiger partial charge is 0.255 e. The maximum atomic E-state index is 14.0. The van der Waals surface area contributed by atoms with E-state index < -0.39 is 69.3 Å². The normalized spacial score (nSPS) is 25.3. The maximum absolute atomic E-state index is 14.0. The minimum absolute atomic E-state index is 0.0233. The van der Waals surface area contributed by atoms with Crippen molar-refractivity contribution in [3.8, 4) is 16.9 Å². The molecule has 226 valence electrons. The fraction of sp³-hybridized carbons (Fsp3) is 0.394. The first kappa shape index (κ1) is 30.0. The number of fused-ring (bicyclic) bond motifs is 3. The van der Waals surface area contributed by atoms with Gasteiger partial charge >= 0.3 is 0 Å². The molecule has 2 aromatic carbocycles. The van der Waals surface area contributed by atoms with Crippen molar-refractivity contribution < 1.29 is 39.6 Å². The number of phenols is 1. The lowest BCUT2D eigenvalue weighted by Crippen LogP contribution is -2.62. The van der Waals surface area contributed by atoms with Crippen LogP contribution in [0.3, 0.4) is 0 Å². The van der Waals surface area contributed by atoms with E-state index in [0.717, 1.165) is 5.56 Å². The van der Waals surface area contributed by atoms with Gasteiger partial charge in [0.05, 0.1) is 5.56 Å². The lowest BCUT2D eigenvalue weighted by Gasteiger charge is -2.50. The van der Waals surface area contributed by atoms with Gasteiger partial charge in [-0.1, -0.05) is 52.8 Å². The van der Waals surface area contributed by atoms with E-state index in [9.17, 15) is 39.6 Å². The monoisotopic (exact) mass is 588 g/mol. The number of aromatic hydroxyl groups is 1. The molecule has 0 unspecified atom stereocenters. The van der Waals surface area contributed by atoms with Crippen LogP contribution in [0.2, 0.25) is 0 Å². The zero-order valence-corrected chi connectivity index (χ0v) is 24.7. The second kappa shape index (κ2) is 10.1. The number of hydrogen-bond donors (Lipinski definition) is 6. The molecular weight excluding hydrogens is 552 g/mol. The SMILES string of the molecule is CC(C)[C@@H]1C(=O)C(C(N)=O)=C(O)[C@@]2(O)C(=O)C3=C(O)c4c(O)ccc(-c5ccc(NC(=O)C(C)(C)C)cc5)c4C[C@H]3C[C@@H]12. The van der Waals surface area contributed by atoms with E-state index in [0.29, 0.717) is 16.8 Å². The molecule has 1 saturated carbocycles. The van der Waals surface area contributed by atoms with Crippen LogP contribution in [0.4, 0.5) is 5.69 Å². The maximum Gasteiger partial charge on any atom is 0.255 e.